The third-order valence-electron chi connectivity index (χ3n) is 4.23. The van der Waals surface area contributed by atoms with Crippen LogP contribution in [0, 0.1) is 13.8 Å². The van der Waals surface area contributed by atoms with Crippen molar-refractivity contribution in [3.63, 3.8) is 0 Å². The minimum atomic E-state index is -2.99. The van der Waals surface area contributed by atoms with Crippen molar-refractivity contribution in [2.45, 2.75) is 33.4 Å². The molecule has 28 heavy (non-hydrogen) atoms. The lowest BCUT2D eigenvalue weighted by Crippen LogP contribution is -2.15. The number of esters is 1. The maximum absolute atomic E-state index is 12.5. The highest BCUT2D eigenvalue weighted by Gasteiger charge is 2.18. The summed E-state index contributed by atoms with van der Waals surface area (Å²) in [7, 11) is 1.63. The molecule has 2 aromatic rings. The summed E-state index contributed by atoms with van der Waals surface area (Å²) in [5.74, 6) is -1.28. The van der Waals surface area contributed by atoms with Crippen LogP contribution in [0.2, 0.25) is 0 Å². The number of carbonyl (C=O) groups is 2. The van der Waals surface area contributed by atoms with Gasteiger partial charge < -0.3 is 18.8 Å². The van der Waals surface area contributed by atoms with E-state index in [4.69, 9.17) is 9.47 Å². The highest BCUT2D eigenvalue weighted by molar-refractivity contribution is 6.00. The van der Waals surface area contributed by atoms with Gasteiger partial charge in [0.2, 0.25) is 5.78 Å². The van der Waals surface area contributed by atoms with Crippen LogP contribution in [-0.2, 0) is 16.0 Å². The molecule has 0 unspecified atom stereocenters. The molecule has 2 rings (SSSR count). The molecule has 0 fully saturated rings. The number of aromatic nitrogens is 1. The molecule has 0 aliphatic carbocycles. The van der Waals surface area contributed by atoms with E-state index in [1.54, 1.807) is 13.2 Å². The van der Waals surface area contributed by atoms with E-state index >= 15 is 0 Å². The Balaban J connectivity index is 2.00. The largest absolute Gasteiger partial charge is 0.454 e. The van der Waals surface area contributed by atoms with Crippen molar-refractivity contribution in [2.75, 3.05) is 20.3 Å². The smallest absolute Gasteiger partial charge is 0.387 e. The second kappa shape index (κ2) is 9.98. The van der Waals surface area contributed by atoms with Gasteiger partial charge in [0, 0.05) is 37.2 Å². The Bertz CT molecular complexity index is 832. The van der Waals surface area contributed by atoms with Gasteiger partial charge in [-0.3, -0.25) is 4.79 Å². The number of ether oxygens (including phenoxy) is 3. The summed E-state index contributed by atoms with van der Waals surface area (Å²) in [4.78, 5) is 24.6. The number of ketones is 1. The van der Waals surface area contributed by atoms with Crippen LogP contribution < -0.4 is 4.74 Å². The van der Waals surface area contributed by atoms with Crippen LogP contribution in [0.25, 0.3) is 0 Å². The lowest BCUT2D eigenvalue weighted by molar-refractivity contribution is -0.0499. The minimum Gasteiger partial charge on any atom is -0.454 e. The fourth-order valence-electron chi connectivity index (χ4n) is 2.89. The molecule has 0 atom stereocenters. The number of alkyl halides is 2. The molecule has 1 aromatic carbocycles. The lowest BCUT2D eigenvalue weighted by atomic mass is 10.1. The van der Waals surface area contributed by atoms with Crippen LogP contribution in [0.5, 0.6) is 5.75 Å². The second-order valence-electron chi connectivity index (χ2n) is 6.19. The topological polar surface area (TPSA) is 66.8 Å². The number of carbonyl (C=O) groups excluding carboxylic acids is 2. The molecule has 8 heteroatoms. The third kappa shape index (κ3) is 5.63. The highest BCUT2D eigenvalue weighted by Crippen LogP contribution is 2.18. The predicted molar refractivity (Wildman–Crippen MR) is 98.1 cm³/mol. The van der Waals surface area contributed by atoms with Crippen LogP contribution in [-0.4, -0.2) is 43.3 Å². The van der Waals surface area contributed by atoms with Crippen molar-refractivity contribution in [1.82, 2.24) is 4.57 Å². The van der Waals surface area contributed by atoms with Crippen LogP contribution in [0.4, 0.5) is 8.78 Å². The van der Waals surface area contributed by atoms with Crippen LogP contribution in [0.15, 0.2) is 30.3 Å². The van der Waals surface area contributed by atoms with Crippen LogP contribution in [0.1, 0.15) is 38.5 Å². The third-order valence-corrected chi connectivity index (χ3v) is 4.23. The number of halogens is 2. The van der Waals surface area contributed by atoms with Gasteiger partial charge in [0.15, 0.2) is 6.61 Å². The van der Waals surface area contributed by atoms with Gasteiger partial charge >= 0.3 is 12.6 Å². The zero-order valence-electron chi connectivity index (χ0n) is 16.0. The summed E-state index contributed by atoms with van der Waals surface area (Å²) in [6.45, 7) is 1.63. The van der Waals surface area contributed by atoms with Gasteiger partial charge in [0.25, 0.3) is 0 Å². The fraction of sp³-hybridized carbons (Fsp3) is 0.400. The maximum Gasteiger partial charge on any atom is 0.387 e. The molecule has 0 amide bonds. The van der Waals surface area contributed by atoms with E-state index in [-0.39, 0.29) is 17.1 Å². The number of Topliss-reactive ketones (excluding diaryl/α,β-unsaturated/α-hetero) is 1. The summed E-state index contributed by atoms with van der Waals surface area (Å²) in [5, 5.41) is 0. The summed E-state index contributed by atoms with van der Waals surface area (Å²) >= 11 is 0. The Kier molecular flexibility index (Phi) is 7.69. The second-order valence-corrected chi connectivity index (χ2v) is 6.19. The quantitative estimate of drug-likeness (QED) is 0.348. The van der Waals surface area contributed by atoms with E-state index in [2.05, 4.69) is 4.74 Å². The van der Waals surface area contributed by atoms with E-state index in [1.807, 2.05) is 18.4 Å². The van der Waals surface area contributed by atoms with Crippen molar-refractivity contribution < 1.29 is 32.6 Å². The first kappa shape index (κ1) is 21.6. The van der Waals surface area contributed by atoms with Gasteiger partial charge in [-0.1, -0.05) is 6.07 Å². The highest BCUT2D eigenvalue weighted by atomic mass is 19.3. The first-order chi connectivity index (χ1) is 13.3. The van der Waals surface area contributed by atoms with Crippen molar-refractivity contribution >= 4 is 11.8 Å². The van der Waals surface area contributed by atoms with Crippen molar-refractivity contribution in [1.29, 1.82) is 0 Å². The van der Waals surface area contributed by atoms with Crippen molar-refractivity contribution in [2.24, 2.45) is 0 Å². The summed E-state index contributed by atoms with van der Waals surface area (Å²) in [5.41, 5.74) is 2.23. The predicted octanol–water partition coefficient (Wildman–Crippen LogP) is 3.78. The molecule has 0 aliphatic rings. The van der Waals surface area contributed by atoms with Gasteiger partial charge in [0.05, 0.1) is 5.56 Å². The minimum absolute atomic E-state index is 0.0241. The maximum atomic E-state index is 12.5. The molecule has 0 spiro atoms. The Morgan fingerprint density at radius 3 is 2.61 bits per heavy atom. The number of aryl methyl sites for hydroxylation is 1. The first-order valence-electron chi connectivity index (χ1n) is 8.74. The standard InChI is InChI=1S/C20H23F2NO5/c1-13-10-17(14(2)23(13)8-5-9-26-3)18(24)12-27-19(25)15-6-4-7-16(11-15)28-20(21)22/h4,6-7,10-11,20H,5,8-9,12H2,1-3H3. The average Bonchev–Trinajstić information content (AvgIpc) is 2.94. The summed E-state index contributed by atoms with van der Waals surface area (Å²) < 4.78 is 40.9. The molecule has 0 saturated carbocycles. The van der Waals surface area contributed by atoms with Gasteiger partial charge in [0.1, 0.15) is 5.75 Å². The van der Waals surface area contributed by atoms with Gasteiger partial charge in [-0.2, -0.15) is 8.78 Å². The number of hydrogen-bond acceptors (Lipinski definition) is 5. The number of nitrogens with zero attached hydrogens (tertiary/aromatic N) is 1. The molecule has 0 saturated heterocycles. The monoisotopic (exact) mass is 395 g/mol. The SMILES string of the molecule is COCCCn1c(C)cc(C(=O)COC(=O)c2cccc(OC(F)F)c2)c1C. The van der Waals surface area contributed by atoms with Gasteiger partial charge in [-0.15, -0.1) is 0 Å². The number of methoxy groups -OCH3 is 1. The van der Waals surface area contributed by atoms with E-state index in [9.17, 15) is 18.4 Å². The molecule has 1 heterocycles. The Morgan fingerprint density at radius 2 is 1.93 bits per heavy atom. The zero-order valence-corrected chi connectivity index (χ0v) is 16.0. The normalized spacial score (nSPS) is 10.9. The van der Waals surface area contributed by atoms with Gasteiger partial charge in [-0.25, -0.2) is 4.79 Å². The summed E-state index contributed by atoms with van der Waals surface area (Å²) in [6.07, 6.45) is 0.812. The molecule has 6 nitrogen and oxygen atoms in total. The van der Waals surface area contributed by atoms with Crippen molar-refractivity contribution in [3.8, 4) is 5.75 Å². The molecule has 1 aromatic heterocycles. The van der Waals surface area contributed by atoms with Gasteiger partial charge in [-0.05, 0) is 44.5 Å². The number of rotatable bonds is 10. The Morgan fingerprint density at radius 1 is 1.18 bits per heavy atom. The fourth-order valence-corrected chi connectivity index (χ4v) is 2.89. The molecular formula is C20H23F2NO5. The first-order valence-corrected chi connectivity index (χ1v) is 8.74. The molecule has 0 bridgehead atoms. The van der Waals surface area contributed by atoms with E-state index in [1.165, 1.54) is 18.2 Å². The molecular weight excluding hydrogens is 372 g/mol. The Hall–Kier alpha value is -2.74. The molecule has 0 aliphatic heterocycles. The molecule has 152 valence electrons. The number of benzene rings is 1. The summed E-state index contributed by atoms with van der Waals surface area (Å²) in [6, 6.07) is 6.99. The molecule has 0 N–H and O–H groups in total. The Labute approximate surface area is 162 Å². The van der Waals surface area contributed by atoms with Crippen molar-refractivity contribution in [3.05, 3.63) is 52.8 Å². The van der Waals surface area contributed by atoms with E-state index in [0.29, 0.717) is 12.2 Å². The van der Waals surface area contributed by atoms with E-state index in [0.717, 1.165) is 30.4 Å². The lowest BCUT2D eigenvalue weighted by Gasteiger charge is -2.09. The van der Waals surface area contributed by atoms with Crippen LogP contribution >= 0.6 is 0 Å². The van der Waals surface area contributed by atoms with Crippen LogP contribution in [0.3, 0.4) is 0 Å². The molecule has 0 radical (unpaired) electrons. The zero-order chi connectivity index (χ0) is 20.7. The van der Waals surface area contributed by atoms with E-state index < -0.39 is 19.2 Å². The average molecular weight is 395 g/mol. The number of hydrogen-bond donors (Lipinski definition) is 0.